The maximum absolute atomic E-state index is 11.5. The van der Waals surface area contributed by atoms with Crippen LogP contribution in [0, 0.1) is 0 Å². The van der Waals surface area contributed by atoms with Crippen LogP contribution in [-0.4, -0.2) is 25.9 Å². The van der Waals surface area contributed by atoms with E-state index in [-0.39, 0.29) is 5.97 Å². The van der Waals surface area contributed by atoms with Crippen LogP contribution in [0.4, 0.5) is 5.69 Å². The van der Waals surface area contributed by atoms with Gasteiger partial charge < -0.3 is 9.47 Å². The first-order valence-electron chi connectivity index (χ1n) is 8.34. The van der Waals surface area contributed by atoms with Crippen molar-refractivity contribution in [3.63, 3.8) is 0 Å². The highest BCUT2D eigenvalue weighted by molar-refractivity contribution is 5.87. The zero-order chi connectivity index (χ0) is 17.9. The molecule has 2 aromatic carbocycles. The smallest absolute Gasteiger partial charge is 0.330 e. The van der Waals surface area contributed by atoms with Gasteiger partial charge in [-0.05, 0) is 60.0 Å². The monoisotopic (exact) mass is 337 g/mol. The van der Waals surface area contributed by atoms with Crippen molar-refractivity contribution < 1.29 is 14.3 Å². The molecule has 0 unspecified atom stereocenters. The molecule has 0 saturated carbocycles. The van der Waals surface area contributed by atoms with Crippen LogP contribution in [0.5, 0.6) is 5.75 Å². The minimum absolute atomic E-state index is 0.310. The Morgan fingerprint density at radius 2 is 1.72 bits per heavy atom. The second-order valence-electron chi connectivity index (χ2n) is 5.48. The van der Waals surface area contributed by atoms with Crippen LogP contribution in [0.2, 0.25) is 0 Å². The van der Waals surface area contributed by atoms with Crippen molar-refractivity contribution in [3.8, 4) is 5.75 Å². The molecule has 0 radical (unpaired) electrons. The highest BCUT2D eigenvalue weighted by Gasteiger charge is 1.96. The van der Waals surface area contributed by atoms with E-state index in [1.807, 2.05) is 48.5 Å². The Morgan fingerprint density at radius 1 is 1.04 bits per heavy atom. The molecular weight excluding hydrogens is 314 g/mol. The Bertz CT molecular complexity index is 716. The summed E-state index contributed by atoms with van der Waals surface area (Å²) in [5.74, 6) is 0.511. The molecule has 0 atom stereocenters. The van der Waals surface area contributed by atoms with Gasteiger partial charge in [0.1, 0.15) is 5.75 Å². The van der Waals surface area contributed by atoms with Crippen LogP contribution < -0.4 is 4.74 Å². The fourth-order valence-corrected chi connectivity index (χ4v) is 2.04. The molecule has 0 aliphatic carbocycles. The van der Waals surface area contributed by atoms with Gasteiger partial charge >= 0.3 is 5.97 Å². The quantitative estimate of drug-likeness (QED) is 0.301. The third-order valence-electron chi connectivity index (χ3n) is 3.53. The number of nitrogens with zero attached hydrogens (tertiary/aromatic N) is 1. The average molecular weight is 337 g/mol. The molecule has 2 rings (SSSR count). The van der Waals surface area contributed by atoms with Gasteiger partial charge in [0.25, 0.3) is 0 Å². The van der Waals surface area contributed by atoms with Crippen molar-refractivity contribution in [2.24, 2.45) is 4.99 Å². The van der Waals surface area contributed by atoms with Gasteiger partial charge in [-0.15, -0.1) is 0 Å². The molecule has 0 heterocycles. The highest BCUT2D eigenvalue weighted by Crippen LogP contribution is 2.15. The number of unbranched alkanes of at least 4 members (excludes halogenated alkanes) is 1. The molecule has 0 aliphatic heterocycles. The summed E-state index contributed by atoms with van der Waals surface area (Å²) in [6.07, 6.45) is 6.89. The van der Waals surface area contributed by atoms with Crippen LogP contribution in [-0.2, 0) is 9.53 Å². The first-order chi connectivity index (χ1) is 12.2. The lowest BCUT2D eigenvalue weighted by atomic mass is 10.2. The molecule has 25 heavy (non-hydrogen) atoms. The van der Waals surface area contributed by atoms with Gasteiger partial charge in [0.15, 0.2) is 0 Å². The number of benzene rings is 2. The number of carbonyl (C=O) groups excluding carboxylic acids is 1. The van der Waals surface area contributed by atoms with E-state index in [4.69, 9.17) is 9.47 Å². The van der Waals surface area contributed by atoms with E-state index in [2.05, 4.69) is 11.9 Å². The van der Waals surface area contributed by atoms with Crippen LogP contribution in [0.3, 0.4) is 0 Å². The Morgan fingerprint density at radius 3 is 2.36 bits per heavy atom. The van der Waals surface area contributed by atoms with Gasteiger partial charge in [0.05, 0.1) is 19.4 Å². The van der Waals surface area contributed by atoms with Crippen LogP contribution >= 0.6 is 0 Å². The molecule has 130 valence electrons. The molecule has 0 aliphatic rings. The van der Waals surface area contributed by atoms with Crippen LogP contribution in [0.15, 0.2) is 59.6 Å². The number of rotatable bonds is 8. The van der Waals surface area contributed by atoms with Crippen molar-refractivity contribution >= 4 is 23.9 Å². The van der Waals surface area contributed by atoms with Crippen molar-refractivity contribution in [1.29, 1.82) is 0 Å². The number of hydrogen-bond donors (Lipinski definition) is 0. The van der Waals surface area contributed by atoms with Crippen LogP contribution in [0.25, 0.3) is 6.08 Å². The lowest BCUT2D eigenvalue weighted by Crippen LogP contribution is -2.01. The summed E-state index contributed by atoms with van der Waals surface area (Å²) in [6, 6.07) is 15.3. The fourth-order valence-electron chi connectivity index (χ4n) is 2.04. The summed E-state index contributed by atoms with van der Waals surface area (Å²) in [4.78, 5) is 16.0. The number of carbonyl (C=O) groups is 1. The molecule has 0 amide bonds. The number of ether oxygens (including phenoxy) is 2. The normalized spacial score (nSPS) is 11.1. The molecular formula is C21H23NO3. The maximum Gasteiger partial charge on any atom is 0.330 e. The first-order valence-corrected chi connectivity index (χ1v) is 8.34. The van der Waals surface area contributed by atoms with E-state index in [0.29, 0.717) is 6.61 Å². The molecule has 4 heteroatoms. The van der Waals surface area contributed by atoms with Crippen molar-refractivity contribution in [2.45, 2.75) is 19.8 Å². The molecule has 0 spiro atoms. The topological polar surface area (TPSA) is 47.9 Å². The Labute approximate surface area is 148 Å². The molecule has 0 N–H and O–H groups in total. The minimum atomic E-state index is -0.310. The second-order valence-corrected chi connectivity index (χ2v) is 5.48. The van der Waals surface area contributed by atoms with Gasteiger partial charge in [0, 0.05) is 12.3 Å². The Kier molecular flexibility index (Phi) is 7.44. The first kappa shape index (κ1) is 18.5. The van der Waals surface area contributed by atoms with Crippen molar-refractivity contribution in [1.82, 2.24) is 0 Å². The molecule has 4 nitrogen and oxygen atoms in total. The Balaban J connectivity index is 1.90. The third-order valence-corrected chi connectivity index (χ3v) is 3.53. The fraction of sp³-hybridized carbons (Fsp3) is 0.238. The van der Waals surface area contributed by atoms with Gasteiger partial charge in [-0.1, -0.05) is 25.5 Å². The predicted octanol–water partition coefficient (Wildman–Crippen LogP) is 4.80. The third kappa shape index (κ3) is 6.63. The SMILES string of the molecule is CCCCOC(=O)C=Cc1ccc(N=Cc2ccc(OC)cc2)cc1. The predicted molar refractivity (Wildman–Crippen MR) is 102 cm³/mol. The zero-order valence-electron chi connectivity index (χ0n) is 14.6. The van der Waals surface area contributed by atoms with E-state index in [0.717, 1.165) is 35.4 Å². The molecule has 0 aromatic heterocycles. The highest BCUT2D eigenvalue weighted by atomic mass is 16.5. The summed E-state index contributed by atoms with van der Waals surface area (Å²) >= 11 is 0. The lowest BCUT2D eigenvalue weighted by Gasteiger charge is -2.00. The maximum atomic E-state index is 11.5. The zero-order valence-corrected chi connectivity index (χ0v) is 14.6. The molecule has 2 aromatic rings. The standard InChI is InChI=1S/C21H23NO3/c1-3-4-15-25-21(23)14-9-17-5-10-19(11-6-17)22-16-18-7-12-20(24-2)13-8-18/h5-14,16H,3-4,15H2,1-2H3. The molecule has 0 fully saturated rings. The van der Waals surface area contributed by atoms with Gasteiger partial charge in [-0.3, -0.25) is 4.99 Å². The largest absolute Gasteiger partial charge is 0.497 e. The summed E-state index contributed by atoms with van der Waals surface area (Å²) in [6.45, 7) is 2.53. The summed E-state index contributed by atoms with van der Waals surface area (Å²) in [5, 5.41) is 0. The van der Waals surface area contributed by atoms with E-state index in [1.165, 1.54) is 6.08 Å². The number of methoxy groups -OCH3 is 1. The molecule has 0 saturated heterocycles. The Hall–Kier alpha value is -2.88. The second kappa shape index (κ2) is 10.1. The minimum Gasteiger partial charge on any atom is -0.497 e. The van der Waals surface area contributed by atoms with Crippen molar-refractivity contribution in [2.75, 3.05) is 13.7 Å². The van der Waals surface area contributed by atoms with Gasteiger partial charge in [-0.2, -0.15) is 0 Å². The number of hydrogen-bond acceptors (Lipinski definition) is 4. The van der Waals surface area contributed by atoms with Gasteiger partial charge in [-0.25, -0.2) is 4.79 Å². The lowest BCUT2D eigenvalue weighted by molar-refractivity contribution is -0.137. The van der Waals surface area contributed by atoms with Crippen LogP contribution in [0.1, 0.15) is 30.9 Å². The molecule has 0 bridgehead atoms. The number of aliphatic imine (C=N–C) groups is 1. The summed E-state index contributed by atoms with van der Waals surface area (Å²) < 4.78 is 10.2. The number of esters is 1. The van der Waals surface area contributed by atoms with E-state index in [1.54, 1.807) is 19.4 Å². The van der Waals surface area contributed by atoms with Crippen molar-refractivity contribution in [3.05, 3.63) is 65.7 Å². The summed E-state index contributed by atoms with van der Waals surface area (Å²) in [5.41, 5.74) is 2.77. The summed E-state index contributed by atoms with van der Waals surface area (Å²) in [7, 11) is 1.64. The van der Waals surface area contributed by atoms with E-state index in [9.17, 15) is 4.79 Å². The average Bonchev–Trinajstić information content (AvgIpc) is 2.66. The van der Waals surface area contributed by atoms with E-state index >= 15 is 0 Å². The van der Waals surface area contributed by atoms with Gasteiger partial charge in [0.2, 0.25) is 0 Å². The van der Waals surface area contributed by atoms with E-state index < -0.39 is 0 Å².